The average molecular weight is 296 g/mol. The van der Waals surface area contributed by atoms with Crippen LogP contribution >= 0.6 is 0 Å². The van der Waals surface area contributed by atoms with Crippen molar-refractivity contribution in [1.82, 2.24) is 0 Å². The SMILES string of the molecule is Cc1ccc(NC(=O)C=Cc2ccccc2[N+](=O)[O-])c(C)c1. The van der Waals surface area contributed by atoms with E-state index in [1.54, 1.807) is 18.2 Å². The fraction of sp³-hybridized carbons (Fsp3) is 0.118. The zero-order valence-corrected chi connectivity index (χ0v) is 12.4. The number of nitrogens with zero attached hydrogens (tertiary/aromatic N) is 1. The number of hydrogen-bond donors (Lipinski definition) is 1. The van der Waals surface area contributed by atoms with Gasteiger partial charge in [-0.2, -0.15) is 0 Å². The summed E-state index contributed by atoms with van der Waals surface area (Å²) in [6.45, 7) is 3.89. The second kappa shape index (κ2) is 6.67. The van der Waals surface area contributed by atoms with E-state index in [2.05, 4.69) is 5.32 Å². The maximum atomic E-state index is 11.9. The first-order chi connectivity index (χ1) is 10.5. The van der Waals surface area contributed by atoms with Crippen molar-refractivity contribution in [2.45, 2.75) is 13.8 Å². The van der Waals surface area contributed by atoms with Gasteiger partial charge < -0.3 is 5.32 Å². The van der Waals surface area contributed by atoms with Crippen LogP contribution in [0.4, 0.5) is 11.4 Å². The molecule has 0 unspecified atom stereocenters. The fourth-order valence-electron chi connectivity index (χ4n) is 2.09. The Labute approximate surface area is 128 Å². The Balaban J connectivity index is 2.14. The summed E-state index contributed by atoms with van der Waals surface area (Å²) in [5.74, 6) is -0.329. The summed E-state index contributed by atoms with van der Waals surface area (Å²) in [6, 6.07) is 12.0. The molecule has 0 bridgehead atoms. The summed E-state index contributed by atoms with van der Waals surface area (Å²) in [6.07, 6.45) is 2.73. The van der Waals surface area contributed by atoms with Gasteiger partial charge in [-0.25, -0.2) is 0 Å². The van der Waals surface area contributed by atoms with Crippen LogP contribution in [0.15, 0.2) is 48.5 Å². The van der Waals surface area contributed by atoms with Crippen LogP contribution in [0.5, 0.6) is 0 Å². The number of aryl methyl sites for hydroxylation is 2. The number of benzene rings is 2. The molecule has 0 saturated heterocycles. The van der Waals surface area contributed by atoms with E-state index in [-0.39, 0.29) is 11.6 Å². The van der Waals surface area contributed by atoms with Crippen LogP contribution in [0.2, 0.25) is 0 Å². The van der Waals surface area contributed by atoms with Crippen molar-refractivity contribution >= 4 is 23.4 Å². The summed E-state index contributed by atoms with van der Waals surface area (Å²) in [7, 11) is 0. The quantitative estimate of drug-likeness (QED) is 0.529. The number of hydrogen-bond acceptors (Lipinski definition) is 3. The van der Waals surface area contributed by atoms with Gasteiger partial charge in [0.2, 0.25) is 5.91 Å². The standard InChI is InChI=1S/C17H16N2O3/c1-12-7-9-15(13(2)11-12)18-17(20)10-8-14-5-3-4-6-16(14)19(21)22/h3-11H,1-2H3,(H,18,20). The molecule has 0 fully saturated rings. The summed E-state index contributed by atoms with van der Waals surface area (Å²) in [5, 5.41) is 13.7. The average Bonchev–Trinajstić information content (AvgIpc) is 2.48. The highest BCUT2D eigenvalue weighted by atomic mass is 16.6. The molecule has 0 radical (unpaired) electrons. The van der Waals surface area contributed by atoms with Gasteiger partial charge in [-0.1, -0.05) is 29.8 Å². The summed E-state index contributed by atoms with van der Waals surface area (Å²) in [4.78, 5) is 22.4. The summed E-state index contributed by atoms with van der Waals surface area (Å²) < 4.78 is 0. The van der Waals surface area contributed by atoms with Crippen LogP contribution < -0.4 is 5.32 Å². The highest BCUT2D eigenvalue weighted by Gasteiger charge is 2.10. The van der Waals surface area contributed by atoms with Crippen molar-refractivity contribution in [2.75, 3.05) is 5.32 Å². The molecule has 0 saturated carbocycles. The van der Waals surface area contributed by atoms with E-state index in [1.165, 1.54) is 18.2 Å². The topological polar surface area (TPSA) is 72.2 Å². The first kappa shape index (κ1) is 15.4. The Kier molecular flexibility index (Phi) is 4.68. The van der Waals surface area contributed by atoms with Crippen LogP contribution in [0, 0.1) is 24.0 Å². The molecule has 2 aromatic carbocycles. The van der Waals surface area contributed by atoms with E-state index < -0.39 is 4.92 Å². The molecule has 0 aliphatic rings. The Bertz CT molecular complexity index is 751. The lowest BCUT2D eigenvalue weighted by molar-refractivity contribution is -0.385. The maximum absolute atomic E-state index is 11.9. The van der Waals surface area contributed by atoms with Gasteiger partial charge in [0.25, 0.3) is 5.69 Å². The fourth-order valence-corrected chi connectivity index (χ4v) is 2.09. The molecule has 2 rings (SSSR count). The Morgan fingerprint density at radius 1 is 1.18 bits per heavy atom. The molecule has 0 heterocycles. The van der Waals surface area contributed by atoms with E-state index in [0.717, 1.165) is 16.8 Å². The molecule has 0 spiro atoms. The minimum absolute atomic E-state index is 0.0296. The summed E-state index contributed by atoms with van der Waals surface area (Å²) in [5.41, 5.74) is 3.17. The van der Waals surface area contributed by atoms with Crippen molar-refractivity contribution in [3.05, 3.63) is 75.3 Å². The van der Waals surface area contributed by atoms with Crippen molar-refractivity contribution in [3.8, 4) is 0 Å². The monoisotopic (exact) mass is 296 g/mol. The van der Waals surface area contributed by atoms with Crippen LogP contribution in [-0.2, 0) is 4.79 Å². The zero-order chi connectivity index (χ0) is 16.1. The predicted molar refractivity (Wildman–Crippen MR) is 86.7 cm³/mol. The van der Waals surface area contributed by atoms with Crippen LogP contribution in [0.25, 0.3) is 6.08 Å². The molecule has 0 atom stereocenters. The van der Waals surface area contributed by atoms with Crippen molar-refractivity contribution in [1.29, 1.82) is 0 Å². The van der Waals surface area contributed by atoms with Crippen LogP contribution in [0.3, 0.4) is 0 Å². The third-order valence-corrected chi connectivity index (χ3v) is 3.19. The van der Waals surface area contributed by atoms with Gasteiger partial charge in [-0.3, -0.25) is 14.9 Å². The van der Waals surface area contributed by atoms with Gasteiger partial charge in [0.1, 0.15) is 0 Å². The van der Waals surface area contributed by atoms with Gasteiger partial charge >= 0.3 is 0 Å². The van der Waals surface area contributed by atoms with E-state index in [1.807, 2.05) is 32.0 Å². The number of nitro benzene ring substituents is 1. The molecule has 5 nitrogen and oxygen atoms in total. The molecule has 0 aromatic heterocycles. The maximum Gasteiger partial charge on any atom is 0.276 e. The third-order valence-electron chi connectivity index (χ3n) is 3.19. The number of nitrogens with one attached hydrogen (secondary N) is 1. The molecule has 5 heteroatoms. The summed E-state index contributed by atoms with van der Waals surface area (Å²) >= 11 is 0. The predicted octanol–water partition coefficient (Wildman–Crippen LogP) is 3.86. The number of carbonyl (C=O) groups is 1. The van der Waals surface area contributed by atoms with E-state index in [4.69, 9.17) is 0 Å². The van der Waals surface area contributed by atoms with Gasteiger partial charge in [-0.15, -0.1) is 0 Å². The largest absolute Gasteiger partial charge is 0.322 e. The lowest BCUT2D eigenvalue weighted by Gasteiger charge is -2.07. The molecule has 22 heavy (non-hydrogen) atoms. The number of nitro groups is 1. The number of amides is 1. The van der Waals surface area contributed by atoms with E-state index in [9.17, 15) is 14.9 Å². The van der Waals surface area contributed by atoms with Crippen LogP contribution in [-0.4, -0.2) is 10.8 Å². The number of anilines is 1. The van der Waals surface area contributed by atoms with Crippen molar-refractivity contribution < 1.29 is 9.72 Å². The molecule has 2 aromatic rings. The lowest BCUT2D eigenvalue weighted by atomic mass is 10.1. The minimum atomic E-state index is -0.471. The Morgan fingerprint density at radius 3 is 2.59 bits per heavy atom. The molecule has 112 valence electrons. The smallest absolute Gasteiger partial charge is 0.276 e. The third kappa shape index (κ3) is 3.79. The van der Waals surface area contributed by atoms with Crippen molar-refractivity contribution in [3.63, 3.8) is 0 Å². The molecular formula is C17H16N2O3. The highest BCUT2D eigenvalue weighted by molar-refractivity contribution is 6.02. The molecule has 0 aliphatic carbocycles. The van der Waals surface area contributed by atoms with Gasteiger partial charge in [-0.05, 0) is 37.6 Å². The minimum Gasteiger partial charge on any atom is -0.322 e. The number of rotatable bonds is 4. The van der Waals surface area contributed by atoms with E-state index >= 15 is 0 Å². The van der Waals surface area contributed by atoms with Gasteiger partial charge in [0, 0.05) is 17.8 Å². The molecule has 1 N–H and O–H groups in total. The van der Waals surface area contributed by atoms with E-state index in [0.29, 0.717) is 5.56 Å². The zero-order valence-electron chi connectivity index (χ0n) is 12.4. The Morgan fingerprint density at radius 2 is 1.91 bits per heavy atom. The number of carbonyl (C=O) groups excluding carboxylic acids is 1. The first-order valence-corrected chi connectivity index (χ1v) is 6.77. The Hall–Kier alpha value is -2.95. The lowest BCUT2D eigenvalue weighted by Crippen LogP contribution is -2.09. The second-order valence-corrected chi connectivity index (χ2v) is 4.96. The second-order valence-electron chi connectivity index (χ2n) is 4.96. The molecule has 0 aliphatic heterocycles. The van der Waals surface area contributed by atoms with Crippen LogP contribution in [0.1, 0.15) is 16.7 Å². The molecule has 1 amide bonds. The van der Waals surface area contributed by atoms with Gasteiger partial charge in [0.15, 0.2) is 0 Å². The highest BCUT2D eigenvalue weighted by Crippen LogP contribution is 2.19. The normalized spacial score (nSPS) is 10.6. The molecular weight excluding hydrogens is 280 g/mol. The first-order valence-electron chi connectivity index (χ1n) is 6.77. The van der Waals surface area contributed by atoms with Crippen molar-refractivity contribution in [2.24, 2.45) is 0 Å². The van der Waals surface area contributed by atoms with Gasteiger partial charge in [0.05, 0.1) is 10.5 Å². The number of para-hydroxylation sites is 1.